The summed E-state index contributed by atoms with van der Waals surface area (Å²) in [6, 6.07) is 14.7. The molecule has 0 aromatic heterocycles. The van der Waals surface area contributed by atoms with E-state index in [9.17, 15) is 24.3 Å². The zero-order chi connectivity index (χ0) is 28.2. The molecular formula is C28H35N3O8. The van der Waals surface area contributed by atoms with Crippen LogP contribution in [0, 0.1) is 0 Å². The topological polar surface area (TPSA) is 157 Å². The number of aryl methyl sites for hydroxylation is 1. The summed E-state index contributed by atoms with van der Waals surface area (Å²) in [5, 5.41) is 12.1. The standard InChI is InChI=1S/C28H35N3O8/c1-37-28(36)26(30-25(33)22(29)13-12-19-7-3-2-4-8-19)39-16-15-38-21-10-5-9-20(17-21)18-23(27(34)35)31-14-6-11-24(31)32/h2-5,7-10,17,22-23,26H,6,11-16,18,29H2,1H3,(H,30,33)(H,34,35)/t22-,23-,26?/m0/s1. The lowest BCUT2D eigenvalue weighted by molar-refractivity contribution is -0.159. The first-order valence-electron chi connectivity index (χ1n) is 12.8. The number of methoxy groups -OCH3 is 1. The van der Waals surface area contributed by atoms with Crippen LogP contribution in [0.3, 0.4) is 0 Å². The monoisotopic (exact) mass is 541 g/mol. The van der Waals surface area contributed by atoms with E-state index >= 15 is 0 Å². The Hall–Kier alpha value is -3.96. The molecule has 1 aliphatic rings. The summed E-state index contributed by atoms with van der Waals surface area (Å²) in [7, 11) is 1.18. The summed E-state index contributed by atoms with van der Waals surface area (Å²) >= 11 is 0. The quantitative estimate of drug-likeness (QED) is 0.172. The summed E-state index contributed by atoms with van der Waals surface area (Å²) in [6.45, 7) is 0.419. The molecule has 3 atom stereocenters. The van der Waals surface area contributed by atoms with E-state index < -0.39 is 36.2 Å². The number of nitrogens with two attached hydrogens (primary N) is 1. The van der Waals surface area contributed by atoms with Gasteiger partial charge in [0.05, 0.1) is 19.8 Å². The number of benzene rings is 2. The summed E-state index contributed by atoms with van der Waals surface area (Å²) in [6.07, 6.45) is 0.800. The second-order valence-corrected chi connectivity index (χ2v) is 9.16. The lowest BCUT2D eigenvalue weighted by atomic mass is 10.0. The fourth-order valence-corrected chi connectivity index (χ4v) is 4.25. The van der Waals surface area contributed by atoms with E-state index in [0.29, 0.717) is 43.5 Å². The molecule has 2 aromatic rings. The molecule has 2 aromatic carbocycles. The van der Waals surface area contributed by atoms with Crippen molar-refractivity contribution in [3.63, 3.8) is 0 Å². The molecule has 1 aliphatic heterocycles. The number of hydrogen-bond acceptors (Lipinski definition) is 8. The second-order valence-electron chi connectivity index (χ2n) is 9.16. The maximum Gasteiger partial charge on any atom is 0.356 e. The summed E-state index contributed by atoms with van der Waals surface area (Å²) in [5.41, 5.74) is 7.74. The Bertz CT molecular complexity index is 1130. The number of rotatable bonds is 15. The SMILES string of the molecule is COC(=O)C(NC(=O)[C@@H](N)CCc1ccccc1)OCCOc1cccc(C[C@@H](C(=O)O)N2CCCC2=O)c1. The number of nitrogens with one attached hydrogen (secondary N) is 1. The van der Waals surface area contributed by atoms with Gasteiger partial charge in [0.15, 0.2) is 0 Å². The molecule has 0 bridgehead atoms. The minimum atomic E-state index is -1.35. The smallest absolute Gasteiger partial charge is 0.356 e. The van der Waals surface area contributed by atoms with E-state index in [0.717, 1.165) is 5.56 Å². The first-order valence-corrected chi connectivity index (χ1v) is 12.8. The summed E-state index contributed by atoms with van der Waals surface area (Å²) in [4.78, 5) is 49.9. The van der Waals surface area contributed by atoms with E-state index in [-0.39, 0.29) is 25.5 Å². The predicted octanol–water partition coefficient (Wildman–Crippen LogP) is 1.28. The van der Waals surface area contributed by atoms with E-state index in [1.807, 2.05) is 30.3 Å². The Morgan fingerprint density at radius 3 is 2.49 bits per heavy atom. The van der Waals surface area contributed by atoms with Gasteiger partial charge in [0, 0.05) is 19.4 Å². The third kappa shape index (κ3) is 9.08. The fraction of sp³-hybridized carbons (Fsp3) is 0.429. The minimum absolute atomic E-state index is 0.0415. The van der Waals surface area contributed by atoms with Crippen molar-refractivity contribution in [3.05, 3.63) is 65.7 Å². The van der Waals surface area contributed by atoms with Crippen molar-refractivity contribution in [2.45, 2.75) is 50.4 Å². The van der Waals surface area contributed by atoms with E-state index in [2.05, 4.69) is 5.32 Å². The lowest BCUT2D eigenvalue weighted by Gasteiger charge is -2.24. The van der Waals surface area contributed by atoms with Gasteiger partial charge in [-0.1, -0.05) is 42.5 Å². The van der Waals surface area contributed by atoms with E-state index in [4.69, 9.17) is 19.9 Å². The third-order valence-electron chi connectivity index (χ3n) is 6.35. The van der Waals surface area contributed by atoms with Crippen LogP contribution >= 0.6 is 0 Å². The van der Waals surface area contributed by atoms with Gasteiger partial charge in [-0.15, -0.1) is 0 Å². The number of esters is 1. The Morgan fingerprint density at radius 1 is 1.08 bits per heavy atom. The van der Waals surface area contributed by atoms with Crippen molar-refractivity contribution >= 4 is 23.8 Å². The highest BCUT2D eigenvalue weighted by molar-refractivity contribution is 5.86. The van der Waals surface area contributed by atoms with Gasteiger partial charge in [0.25, 0.3) is 0 Å². The second kappa shape index (κ2) is 14.8. The van der Waals surface area contributed by atoms with Crippen LogP contribution in [0.15, 0.2) is 54.6 Å². The fourth-order valence-electron chi connectivity index (χ4n) is 4.25. The van der Waals surface area contributed by atoms with Gasteiger partial charge in [0.1, 0.15) is 18.4 Å². The molecule has 1 fully saturated rings. The third-order valence-corrected chi connectivity index (χ3v) is 6.35. The number of ether oxygens (including phenoxy) is 3. The summed E-state index contributed by atoms with van der Waals surface area (Å²) < 4.78 is 15.9. The highest BCUT2D eigenvalue weighted by Crippen LogP contribution is 2.20. The minimum Gasteiger partial charge on any atom is -0.491 e. The van der Waals surface area contributed by atoms with Gasteiger partial charge < -0.3 is 35.3 Å². The van der Waals surface area contributed by atoms with Crippen LogP contribution in [-0.4, -0.2) is 78.9 Å². The molecule has 0 aliphatic carbocycles. The molecule has 0 radical (unpaired) electrons. The maximum atomic E-state index is 12.5. The number of amides is 2. The molecule has 4 N–H and O–H groups in total. The molecule has 0 spiro atoms. The molecule has 11 nitrogen and oxygen atoms in total. The van der Waals surface area contributed by atoms with E-state index in [1.54, 1.807) is 24.3 Å². The Morgan fingerprint density at radius 2 is 1.82 bits per heavy atom. The van der Waals surface area contributed by atoms with Gasteiger partial charge in [-0.3, -0.25) is 9.59 Å². The van der Waals surface area contributed by atoms with E-state index in [1.165, 1.54) is 12.0 Å². The highest BCUT2D eigenvalue weighted by atomic mass is 16.6. The zero-order valence-electron chi connectivity index (χ0n) is 21.9. The van der Waals surface area contributed by atoms with Crippen LogP contribution in [0.2, 0.25) is 0 Å². The van der Waals surface area contributed by atoms with Crippen LogP contribution in [0.25, 0.3) is 0 Å². The first-order chi connectivity index (χ1) is 18.8. The Kier molecular flexibility index (Phi) is 11.3. The van der Waals surface area contributed by atoms with Crippen molar-refractivity contribution in [1.29, 1.82) is 0 Å². The lowest BCUT2D eigenvalue weighted by Crippen LogP contribution is -2.50. The molecule has 1 heterocycles. The van der Waals surface area contributed by atoms with Gasteiger partial charge in [-0.2, -0.15) is 0 Å². The molecule has 1 unspecified atom stereocenters. The average Bonchev–Trinajstić information content (AvgIpc) is 3.37. The van der Waals surface area contributed by atoms with Crippen LogP contribution in [0.5, 0.6) is 5.75 Å². The van der Waals surface area contributed by atoms with Crippen LogP contribution in [0.4, 0.5) is 0 Å². The van der Waals surface area contributed by atoms with Gasteiger partial charge in [0.2, 0.25) is 18.0 Å². The van der Waals surface area contributed by atoms with Gasteiger partial charge in [-0.25, -0.2) is 9.59 Å². The largest absolute Gasteiger partial charge is 0.491 e. The Labute approximate surface area is 227 Å². The Balaban J connectivity index is 1.48. The number of aliphatic carboxylic acids is 1. The van der Waals surface area contributed by atoms with Crippen LogP contribution in [0.1, 0.15) is 30.4 Å². The van der Waals surface area contributed by atoms with Crippen molar-refractivity contribution in [2.75, 3.05) is 26.9 Å². The number of nitrogens with zero attached hydrogens (tertiary/aromatic N) is 1. The number of carbonyl (C=O) groups is 4. The average molecular weight is 542 g/mol. The van der Waals surface area contributed by atoms with Crippen LogP contribution < -0.4 is 15.8 Å². The molecule has 11 heteroatoms. The maximum absolute atomic E-state index is 12.5. The molecule has 0 saturated carbocycles. The predicted molar refractivity (Wildman–Crippen MR) is 141 cm³/mol. The molecular weight excluding hydrogens is 506 g/mol. The van der Waals surface area contributed by atoms with Crippen molar-refractivity contribution in [3.8, 4) is 5.75 Å². The summed E-state index contributed by atoms with van der Waals surface area (Å²) in [5.74, 6) is -2.07. The highest BCUT2D eigenvalue weighted by Gasteiger charge is 2.32. The number of carbonyl (C=O) groups excluding carboxylic acids is 3. The number of hydrogen-bond donors (Lipinski definition) is 3. The van der Waals surface area contributed by atoms with Crippen molar-refractivity contribution in [2.24, 2.45) is 5.73 Å². The number of carboxylic acid groups (broad SMARTS) is 1. The molecule has 2 amide bonds. The zero-order valence-corrected chi connectivity index (χ0v) is 21.9. The normalized spacial score (nSPS) is 15.3. The van der Waals surface area contributed by atoms with Crippen molar-refractivity contribution in [1.82, 2.24) is 10.2 Å². The van der Waals surface area contributed by atoms with Gasteiger partial charge in [-0.05, 0) is 42.5 Å². The number of likely N-dealkylation sites (tertiary alicyclic amines) is 1. The first kappa shape index (κ1) is 29.6. The van der Waals surface area contributed by atoms with Crippen LogP contribution in [-0.2, 0) is 41.5 Å². The molecule has 1 saturated heterocycles. The number of carboxylic acids is 1. The molecule has 210 valence electrons. The molecule has 3 rings (SSSR count). The van der Waals surface area contributed by atoms with Gasteiger partial charge >= 0.3 is 11.9 Å². The molecule has 39 heavy (non-hydrogen) atoms. The van der Waals surface area contributed by atoms with Crippen molar-refractivity contribution < 1.29 is 38.5 Å².